The third-order valence-corrected chi connectivity index (χ3v) is 4.27. The molecule has 6 heteroatoms. The minimum absolute atomic E-state index is 0.231. The van der Waals surface area contributed by atoms with Crippen molar-refractivity contribution in [3.63, 3.8) is 0 Å². The fourth-order valence-corrected chi connectivity index (χ4v) is 2.73. The average molecular weight is 320 g/mol. The number of aliphatic imine (C=N–C) groups is 1. The predicted molar refractivity (Wildman–Crippen MR) is 89.6 cm³/mol. The number of hydrogen-bond acceptors (Lipinski definition) is 3. The van der Waals surface area contributed by atoms with Crippen LogP contribution in [0.3, 0.4) is 0 Å². The Morgan fingerprint density at radius 1 is 1.32 bits per heavy atom. The van der Waals surface area contributed by atoms with Gasteiger partial charge in [0.05, 0.1) is 17.2 Å². The van der Waals surface area contributed by atoms with Gasteiger partial charge in [0.25, 0.3) is 0 Å². The number of rotatable bonds is 5. The van der Waals surface area contributed by atoms with Crippen LogP contribution in [0.5, 0.6) is 0 Å². The summed E-state index contributed by atoms with van der Waals surface area (Å²) < 4.78 is 13.1. The van der Waals surface area contributed by atoms with Crippen LogP contribution in [0.2, 0.25) is 0 Å². The maximum atomic E-state index is 13.1. The van der Waals surface area contributed by atoms with Crippen molar-refractivity contribution >= 4 is 17.3 Å². The summed E-state index contributed by atoms with van der Waals surface area (Å²) in [5, 5.41) is 9.57. The predicted octanol–water partition coefficient (Wildman–Crippen LogP) is 3.27. The lowest BCUT2D eigenvalue weighted by Crippen LogP contribution is -2.36. The van der Waals surface area contributed by atoms with E-state index < -0.39 is 0 Å². The molecule has 0 radical (unpaired) electrons. The lowest BCUT2D eigenvalue weighted by molar-refractivity contribution is 0.624. The molecular formula is C16H21FN4S. The van der Waals surface area contributed by atoms with Gasteiger partial charge in [-0.25, -0.2) is 9.37 Å². The fourth-order valence-electron chi connectivity index (χ4n) is 1.90. The molecule has 2 aromatic rings. The van der Waals surface area contributed by atoms with E-state index in [1.54, 1.807) is 24.5 Å². The molecule has 0 saturated carbocycles. The quantitative estimate of drug-likeness (QED) is 0.657. The Hall–Kier alpha value is -1.95. The van der Waals surface area contributed by atoms with Gasteiger partial charge in [-0.2, -0.15) is 0 Å². The molecule has 4 nitrogen and oxygen atoms in total. The first kappa shape index (κ1) is 16.4. The molecule has 118 valence electrons. The Labute approximate surface area is 134 Å². The van der Waals surface area contributed by atoms with Gasteiger partial charge in [0, 0.05) is 24.9 Å². The van der Waals surface area contributed by atoms with Crippen molar-refractivity contribution in [1.82, 2.24) is 15.6 Å². The van der Waals surface area contributed by atoms with Crippen molar-refractivity contribution in [2.24, 2.45) is 4.99 Å². The smallest absolute Gasteiger partial charge is 0.191 e. The van der Waals surface area contributed by atoms with E-state index >= 15 is 0 Å². The number of benzene rings is 1. The molecular weight excluding hydrogens is 299 g/mol. The largest absolute Gasteiger partial charge is 0.352 e. The Morgan fingerprint density at radius 2 is 2.09 bits per heavy atom. The van der Waals surface area contributed by atoms with E-state index in [0.29, 0.717) is 25.0 Å². The van der Waals surface area contributed by atoms with Crippen molar-refractivity contribution in [3.05, 3.63) is 51.7 Å². The lowest BCUT2D eigenvalue weighted by atomic mass is 10.2. The molecule has 2 rings (SSSR count). The van der Waals surface area contributed by atoms with Crippen molar-refractivity contribution in [2.45, 2.75) is 32.9 Å². The summed E-state index contributed by atoms with van der Waals surface area (Å²) in [6.07, 6.45) is 0. The van der Waals surface area contributed by atoms with Crippen LogP contribution in [0, 0.1) is 5.82 Å². The molecule has 0 spiro atoms. The van der Waals surface area contributed by atoms with E-state index in [9.17, 15) is 4.39 Å². The Kier molecular flexibility index (Phi) is 5.89. The molecule has 0 aliphatic rings. The van der Waals surface area contributed by atoms with Gasteiger partial charge in [0.1, 0.15) is 5.82 Å². The van der Waals surface area contributed by atoms with Gasteiger partial charge in [-0.1, -0.05) is 26.0 Å². The topological polar surface area (TPSA) is 49.3 Å². The van der Waals surface area contributed by atoms with Crippen molar-refractivity contribution in [3.8, 4) is 0 Å². The zero-order valence-corrected chi connectivity index (χ0v) is 13.9. The molecule has 0 atom stereocenters. The third-order valence-electron chi connectivity index (χ3n) is 3.07. The molecule has 1 aromatic carbocycles. The first-order valence-electron chi connectivity index (χ1n) is 7.21. The minimum atomic E-state index is -0.231. The highest BCUT2D eigenvalue weighted by Gasteiger charge is 2.06. The van der Waals surface area contributed by atoms with Crippen LogP contribution in [0.25, 0.3) is 0 Å². The Bertz CT molecular complexity index is 637. The summed E-state index contributed by atoms with van der Waals surface area (Å²) in [7, 11) is 1.71. The number of halogens is 1. The molecule has 1 heterocycles. The maximum Gasteiger partial charge on any atom is 0.191 e. The van der Waals surface area contributed by atoms with Crippen LogP contribution in [0.1, 0.15) is 36.0 Å². The summed E-state index contributed by atoms with van der Waals surface area (Å²) in [6.45, 7) is 5.41. The van der Waals surface area contributed by atoms with E-state index in [4.69, 9.17) is 0 Å². The zero-order chi connectivity index (χ0) is 15.9. The van der Waals surface area contributed by atoms with Crippen molar-refractivity contribution in [2.75, 3.05) is 7.05 Å². The van der Waals surface area contributed by atoms with Gasteiger partial charge in [-0.05, 0) is 17.7 Å². The van der Waals surface area contributed by atoms with E-state index in [2.05, 4.69) is 39.8 Å². The summed E-state index contributed by atoms with van der Waals surface area (Å²) in [4.78, 5) is 8.73. The van der Waals surface area contributed by atoms with Gasteiger partial charge >= 0.3 is 0 Å². The highest BCUT2D eigenvalue weighted by atomic mass is 32.1. The van der Waals surface area contributed by atoms with Crippen LogP contribution < -0.4 is 10.6 Å². The van der Waals surface area contributed by atoms with Gasteiger partial charge in [0.2, 0.25) is 0 Å². The highest BCUT2D eigenvalue weighted by Crippen LogP contribution is 2.18. The van der Waals surface area contributed by atoms with E-state index in [1.165, 1.54) is 12.1 Å². The Morgan fingerprint density at radius 3 is 2.73 bits per heavy atom. The monoisotopic (exact) mass is 320 g/mol. The molecule has 2 N–H and O–H groups in total. The number of guanidine groups is 1. The van der Waals surface area contributed by atoms with Crippen molar-refractivity contribution < 1.29 is 4.39 Å². The standard InChI is InChI=1S/C16H21FN4S/c1-11(2)15-21-14(10-22-15)9-20-16(18-3)19-8-12-5-4-6-13(17)7-12/h4-7,10-11H,8-9H2,1-3H3,(H2,18,19,20). The molecule has 0 aliphatic carbocycles. The molecule has 1 aromatic heterocycles. The lowest BCUT2D eigenvalue weighted by Gasteiger charge is -2.11. The molecule has 0 fully saturated rings. The molecule has 0 amide bonds. The fraction of sp³-hybridized carbons (Fsp3) is 0.375. The van der Waals surface area contributed by atoms with E-state index in [0.717, 1.165) is 16.3 Å². The van der Waals surface area contributed by atoms with E-state index in [1.807, 2.05) is 6.07 Å². The number of thiazole rings is 1. The summed E-state index contributed by atoms with van der Waals surface area (Å²) in [5.74, 6) is 0.887. The molecule has 0 bridgehead atoms. The highest BCUT2D eigenvalue weighted by molar-refractivity contribution is 7.09. The number of hydrogen-bond donors (Lipinski definition) is 2. The molecule has 22 heavy (non-hydrogen) atoms. The summed E-state index contributed by atoms with van der Waals surface area (Å²) >= 11 is 1.68. The number of nitrogens with one attached hydrogen (secondary N) is 2. The van der Waals surface area contributed by atoms with Crippen LogP contribution >= 0.6 is 11.3 Å². The van der Waals surface area contributed by atoms with Gasteiger partial charge in [0.15, 0.2) is 5.96 Å². The second-order valence-corrected chi connectivity index (χ2v) is 6.13. The van der Waals surface area contributed by atoms with Crippen LogP contribution in [0.15, 0.2) is 34.6 Å². The molecule has 0 saturated heterocycles. The van der Waals surface area contributed by atoms with Gasteiger partial charge in [-0.3, -0.25) is 4.99 Å². The van der Waals surface area contributed by atoms with Crippen LogP contribution in [-0.2, 0) is 13.1 Å². The maximum absolute atomic E-state index is 13.1. The number of aromatic nitrogens is 1. The first-order valence-corrected chi connectivity index (χ1v) is 8.09. The Balaban J connectivity index is 1.84. The number of nitrogens with zero attached hydrogens (tertiary/aromatic N) is 2. The SMILES string of the molecule is CN=C(NCc1cccc(F)c1)NCc1csc(C(C)C)n1. The zero-order valence-electron chi connectivity index (χ0n) is 13.1. The minimum Gasteiger partial charge on any atom is -0.352 e. The first-order chi connectivity index (χ1) is 10.6. The molecule has 0 aliphatic heterocycles. The normalized spacial score (nSPS) is 11.8. The second kappa shape index (κ2) is 7.89. The van der Waals surface area contributed by atoms with Gasteiger partial charge in [-0.15, -0.1) is 11.3 Å². The second-order valence-electron chi connectivity index (χ2n) is 5.24. The average Bonchev–Trinajstić information content (AvgIpc) is 2.97. The summed E-state index contributed by atoms with van der Waals surface area (Å²) in [6, 6.07) is 6.52. The van der Waals surface area contributed by atoms with Crippen molar-refractivity contribution in [1.29, 1.82) is 0 Å². The van der Waals surface area contributed by atoms with Crippen LogP contribution in [-0.4, -0.2) is 18.0 Å². The van der Waals surface area contributed by atoms with Crippen LogP contribution in [0.4, 0.5) is 4.39 Å². The summed E-state index contributed by atoms with van der Waals surface area (Å²) in [5.41, 5.74) is 1.88. The molecule has 0 unspecified atom stereocenters. The third kappa shape index (κ3) is 4.80. The van der Waals surface area contributed by atoms with E-state index in [-0.39, 0.29) is 5.82 Å². The van der Waals surface area contributed by atoms with Gasteiger partial charge < -0.3 is 10.6 Å².